The Kier molecular flexibility index (Phi) is 6.85. The molecule has 3 aromatic rings. The van der Waals surface area contributed by atoms with Crippen LogP contribution in [0.3, 0.4) is 0 Å². The summed E-state index contributed by atoms with van der Waals surface area (Å²) < 4.78 is 29.6. The molecule has 1 atom stereocenters. The zero-order valence-electron chi connectivity index (χ0n) is 17.6. The molecule has 11 heteroatoms. The molecule has 9 nitrogen and oxygen atoms in total. The van der Waals surface area contributed by atoms with Crippen molar-refractivity contribution >= 4 is 51.6 Å². The number of ether oxygens (including phenoxy) is 3. The second-order valence-corrected chi connectivity index (χ2v) is 7.53. The molecule has 1 saturated heterocycles. The summed E-state index contributed by atoms with van der Waals surface area (Å²) in [7, 11) is 0. The number of halogens is 2. The van der Waals surface area contributed by atoms with E-state index < -0.39 is 17.7 Å². The Labute approximate surface area is 193 Å². The van der Waals surface area contributed by atoms with Gasteiger partial charge >= 0.3 is 11.9 Å². The number of aromatic nitrogens is 2. The van der Waals surface area contributed by atoms with Crippen LogP contribution < -0.4 is 15.4 Å². The van der Waals surface area contributed by atoms with Gasteiger partial charge in [-0.2, -0.15) is 0 Å². The van der Waals surface area contributed by atoms with Gasteiger partial charge in [-0.25, -0.2) is 19.2 Å². The first-order valence-electron chi connectivity index (χ1n) is 10.2. The molecule has 2 N–H and O–H groups in total. The third kappa shape index (κ3) is 5.29. The number of nitrogens with zero attached hydrogens (tertiary/aromatic N) is 2. The molecular weight excluding hydrogens is 455 g/mol. The first-order chi connectivity index (χ1) is 15.9. The van der Waals surface area contributed by atoms with E-state index in [4.69, 9.17) is 25.8 Å². The van der Waals surface area contributed by atoms with Gasteiger partial charge in [-0.05, 0) is 31.2 Å². The third-order valence-electron chi connectivity index (χ3n) is 4.81. The van der Waals surface area contributed by atoms with Crippen LogP contribution in [0.5, 0.6) is 5.75 Å². The highest BCUT2D eigenvalue weighted by Gasteiger charge is 2.23. The van der Waals surface area contributed by atoms with E-state index in [9.17, 15) is 14.0 Å². The fourth-order valence-corrected chi connectivity index (χ4v) is 3.43. The van der Waals surface area contributed by atoms with E-state index in [0.717, 1.165) is 0 Å². The number of amides is 1. The Morgan fingerprint density at radius 2 is 2.12 bits per heavy atom. The quantitative estimate of drug-likeness (QED) is 0.409. The van der Waals surface area contributed by atoms with E-state index in [1.807, 2.05) is 0 Å². The average Bonchev–Trinajstić information content (AvgIpc) is 3.30. The summed E-state index contributed by atoms with van der Waals surface area (Å²) >= 11 is 5.87. The van der Waals surface area contributed by atoms with Gasteiger partial charge in [0.05, 0.1) is 36.0 Å². The standard InChI is InChI=1S/C22H20ClFN4O5/c1-2-32-22(30)21(29)28-18-8-14-17(9-19(18)33-13-5-6-31-10-13)25-11-26-20(14)27-12-3-4-16(24)15(23)7-12/h3-4,7-9,11,13H,2,5-6,10H2,1H3,(H,28,29)(H,25,26,27)/t13-/m0/s1. The fraction of sp³-hybridized carbons (Fsp3) is 0.273. The Hall–Kier alpha value is -3.50. The van der Waals surface area contributed by atoms with Crippen LogP contribution in [0.4, 0.5) is 21.6 Å². The first-order valence-corrected chi connectivity index (χ1v) is 10.6. The highest BCUT2D eigenvalue weighted by Crippen LogP contribution is 2.35. The number of hydrogen-bond donors (Lipinski definition) is 2. The molecule has 2 aromatic carbocycles. The molecule has 1 aliphatic heterocycles. The van der Waals surface area contributed by atoms with Gasteiger partial charge in [0, 0.05) is 23.6 Å². The van der Waals surface area contributed by atoms with Gasteiger partial charge in [0.15, 0.2) is 0 Å². The molecule has 0 saturated carbocycles. The van der Waals surface area contributed by atoms with Crippen molar-refractivity contribution in [3.8, 4) is 5.75 Å². The van der Waals surface area contributed by atoms with Crippen LogP contribution in [0.2, 0.25) is 5.02 Å². The monoisotopic (exact) mass is 474 g/mol. The van der Waals surface area contributed by atoms with Crippen LogP contribution in [0.15, 0.2) is 36.7 Å². The lowest BCUT2D eigenvalue weighted by Gasteiger charge is -2.18. The van der Waals surface area contributed by atoms with Crippen LogP contribution in [0, 0.1) is 5.82 Å². The van der Waals surface area contributed by atoms with Crippen molar-refractivity contribution in [3.63, 3.8) is 0 Å². The number of fused-ring (bicyclic) bond motifs is 1. The molecule has 0 bridgehead atoms. The predicted molar refractivity (Wildman–Crippen MR) is 119 cm³/mol. The molecule has 33 heavy (non-hydrogen) atoms. The zero-order valence-corrected chi connectivity index (χ0v) is 18.3. The van der Waals surface area contributed by atoms with Crippen LogP contribution in [-0.2, 0) is 19.1 Å². The molecule has 172 valence electrons. The summed E-state index contributed by atoms with van der Waals surface area (Å²) in [5.41, 5.74) is 1.26. The van der Waals surface area contributed by atoms with Gasteiger partial charge in [-0.15, -0.1) is 0 Å². The maximum atomic E-state index is 13.5. The molecular formula is C22H20ClFN4O5. The van der Waals surface area contributed by atoms with Crippen LogP contribution >= 0.6 is 11.6 Å². The minimum absolute atomic E-state index is 0.0461. The normalized spacial score (nSPS) is 15.3. The lowest BCUT2D eigenvalue weighted by molar-refractivity contribution is -0.152. The Morgan fingerprint density at radius 1 is 1.27 bits per heavy atom. The van der Waals surface area contributed by atoms with E-state index in [-0.39, 0.29) is 23.4 Å². The maximum absolute atomic E-state index is 13.5. The SMILES string of the molecule is CCOC(=O)C(=O)Nc1cc2c(Nc3ccc(F)c(Cl)c3)ncnc2cc1O[C@H]1CCOC1. The number of carbonyl (C=O) groups is 2. The van der Waals surface area contributed by atoms with Crippen molar-refractivity contribution in [2.45, 2.75) is 19.4 Å². The number of hydrogen-bond acceptors (Lipinski definition) is 8. The Bertz CT molecular complexity index is 1200. The average molecular weight is 475 g/mol. The molecule has 4 rings (SSSR count). The van der Waals surface area contributed by atoms with Gasteiger partial charge in [0.1, 0.15) is 29.8 Å². The summed E-state index contributed by atoms with van der Waals surface area (Å²) in [5.74, 6) is -1.80. The third-order valence-corrected chi connectivity index (χ3v) is 5.10. The summed E-state index contributed by atoms with van der Waals surface area (Å²) in [5, 5.41) is 6.07. The lowest BCUT2D eigenvalue weighted by Crippen LogP contribution is -2.26. The molecule has 1 aliphatic rings. The molecule has 2 heterocycles. The first kappa shape index (κ1) is 22.7. The number of anilines is 3. The van der Waals surface area contributed by atoms with Crippen LogP contribution in [0.1, 0.15) is 13.3 Å². The van der Waals surface area contributed by atoms with Crippen molar-refractivity contribution < 1.29 is 28.2 Å². The summed E-state index contributed by atoms with van der Waals surface area (Å²) in [6.45, 7) is 2.64. The smallest absolute Gasteiger partial charge is 0.397 e. The summed E-state index contributed by atoms with van der Waals surface area (Å²) in [6, 6.07) is 7.39. The van der Waals surface area contributed by atoms with Crippen molar-refractivity contribution in [2.75, 3.05) is 30.5 Å². The van der Waals surface area contributed by atoms with Crippen molar-refractivity contribution in [3.05, 3.63) is 47.5 Å². The molecule has 0 aliphatic carbocycles. The topological polar surface area (TPSA) is 112 Å². The van der Waals surface area contributed by atoms with E-state index >= 15 is 0 Å². The highest BCUT2D eigenvalue weighted by molar-refractivity contribution is 6.37. The predicted octanol–water partition coefficient (Wildman–Crippen LogP) is 3.84. The maximum Gasteiger partial charge on any atom is 0.397 e. The molecule has 1 fully saturated rings. The van der Waals surface area contributed by atoms with Crippen LogP contribution in [-0.4, -0.2) is 47.8 Å². The fourth-order valence-electron chi connectivity index (χ4n) is 3.24. The minimum atomic E-state index is -1.02. The molecule has 1 amide bonds. The second-order valence-electron chi connectivity index (χ2n) is 7.12. The van der Waals surface area contributed by atoms with Gasteiger partial charge in [0.25, 0.3) is 0 Å². The van der Waals surface area contributed by atoms with Gasteiger partial charge in [-0.1, -0.05) is 11.6 Å². The number of carbonyl (C=O) groups excluding carboxylic acids is 2. The molecule has 0 unspecified atom stereocenters. The minimum Gasteiger partial charge on any atom is -0.486 e. The van der Waals surface area contributed by atoms with E-state index in [0.29, 0.717) is 47.8 Å². The summed E-state index contributed by atoms with van der Waals surface area (Å²) in [4.78, 5) is 32.7. The van der Waals surface area contributed by atoms with Crippen molar-refractivity contribution in [1.29, 1.82) is 0 Å². The van der Waals surface area contributed by atoms with Crippen LogP contribution in [0.25, 0.3) is 10.9 Å². The number of rotatable bonds is 6. The van der Waals surface area contributed by atoms with Gasteiger partial charge in [0.2, 0.25) is 0 Å². The molecule has 0 radical (unpaired) electrons. The van der Waals surface area contributed by atoms with Gasteiger partial charge < -0.3 is 24.8 Å². The number of esters is 1. The van der Waals surface area contributed by atoms with E-state index in [2.05, 4.69) is 20.6 Å². The van der Waals surface area contributed by atoms with E-state index in [1.54, 1.807) is 19.1 Å². The number of benzene rings is 2. The summed E-state index contributed by atoms with van der Waals surface area (Å²) in [6.07, 6.45) is 1.84. The van der Waals surface area contributed by atoms with E-state index in [1.165, 1.54) is 24.5 Å². The molecule has 1 aromatic heterocycles. The lowest BCUT2D eigenvalue weighted by atomic mass is 10.1. The van der Waals surface area contributed by atoms with Crippen molar-refractivity contribution in [1.82, 2.24) is 9.97 Å². The van der Waals surface area contributed by atoms with Gasteiger partial charge in [-0.3, -0.25) is 4.79 Å². The Morgan fingerprint density at radius 3 is 2.85 bits per heavy atom. The zero-order chi connectivity index (χ0) is 23.4. The molecule has 0 spiro atoms. The largest absolute Gasteiger partial charge is 0.486 e. The van der Waals surface area contributed by atoms with Crippen molar-refractivity contribution in [2.24, 2.45) is 0 Å². The second kappa shape index (κ2) is 9.97. The highest BCUT2D eigenvalue weighted by atomic mass is 35.5. The Balaban J connectivity index is 1.72. The number of nitrogens with one attached hydrogen (secondary N) is 2.